The summed E-state index contributed by atoms with van der Waals surface area (Å²) < 4.78 is 3.32. The van der Waals surface area contributed by atoms with E-state index in [2.05, 4.69) is 69.0 Å². The number of benzene rings is 1. The number of halogens is 1. The maximum absolute atomic E-state index is 4.55. The van der Waals surface area contributed by atoms with Crippen LogP contribution in [0, 0.1) is 13.8 Å². The average Bonchev–Trinajstić information content (AvgIpc) is 2.71. The number of nitrogens with one attached hydrogen (secondary N) is 1. The first-order chi connectivity index (χ1) is 9.10. The summed E-state index contributed by atoms with van der Waals surface area (Å²) in [5, 5.41) is 3.40. The van der Waals surface area contributed by atoms with E-state index in [0.29, 0.717) is 0 Å². The summed E-state index contributed by atoms with van der Waals surface area (Å²) in [6, 6.07) is 6.24. The zero-order chi connectivity index (χ0) is 13.8. The van der Waals surface area contributed by atoms with Gasteiger partial charge in [-0.1, -0.05) is 29.3 Å². The van der Waals surface area contributed by atoms with E-state index >= 15 is 0 Å². The second-order valence-electron chi connectivity index (χ2n) is 4.84. The minimum absolute atomic E-state index is 0.924. The third-order valence-electron chi connectivity index (χ3n) is 3.06. The molecule has 0 aliphatic rings. The van der Waals surface area contributed by atoms with Crippen molar-refractivity contribution in [2.45, 2.75) is 40.2 Å². The Morgan fingerprint density at radius 1 is 1.32 bits per heavy atom. The molecule has 0 amide bonds. The first kappa shape index (κ1) is 14.1. The molecular formula is C15H20BrN3. The van der Waals surface area contributed by atoms with E-state index in [4.69, 9.17) is 0 Å². The molecule has 4 heteroatoms. The summed E-state index contributed by atoms with van der Waals surface area (Å²) >= 11 is 3.52. The first-order valence-electron chi connectivity index (χ1n) is 6.67. The number of rotatable bonds is 5. The van der Waals surface area contributed by atoms with Gasteiger partial charge in [0.05, 0.1) is 5.69 Å². The van der Waals surface area contributed by atoms with Gasteiger partial charge in [0.1, 0.15) is 0 Å². The van der Waals surface area contributed by atoms with E-state index in [1.54, 1.807) is 0 Å². The number of aromatic nitrogens is 2. The number of aryl methyl sites for hydroxylation is 3. The smallest absolute Gasteiger partial charge is 0.207 e. The molecule has 102 valence electrons. The molecule has 2 aromatic rings. The molecule has 0 atom stereocenters. The zero-order valence-corrected chi connectivity index (χ0v) is 13.3. The van der Waals surface area contributed by atoms with Crippen molar-refractivity contribution in [2.75, 3.05) is 5.32 Å². The standard InChI is InChI=1S/C15H20BrN3/c1-4-5-8-19-10-12(3)17-15(19)18-13-6-7-14(16)11(2)9-13/h6-7,9-10H,4-5,8H2,1-3H3,(H,17,18). The van der Waals surface area contributed by atoms with Crippen LogP contribution in [-0.2, 0) is 6.54 Å². The lowest BCUT2D eigenvalue weighted by Gasteiger charge is -2.10. The fourth-order valence-electron chi connectivity index (χ4n) is 2.00. The van der Waals surface area contributed by atoms with Gasteiger partial charge in [-0.05, 0) is 44.0 Å². The van der Waals surface area contributed by atoms with Crippen molar-refractivity contribution in [1.29, 1.82) is 0 Å². The Labute approximate surface area is 123 Å². The van der Waals surface area contributed by atoms with Crippen LogP contribution in [0.3, 0.4) is 0 Å². The molecule has 0 radical (unpaired) electrons. The second-order valence-corrected chi connectivity index (χ2v) is 5.70. The molecule has 19 heavy (non-hydrogen) atoms. The summed E-state index contributed by atoms with van der Waals surface area (Å²) in [7, 11) is 0. The topological polar surface area (TPSA) is 29.9 Å². The number of hydrogen-bond donors (Lipinski definition) is 1. The molecular weight excluding hydrogens is 302 g/mol. The Kier molecular flexibility index (Phi) is 4.64. The van der Waals surface area contributed by atoms with Gasteiger partial charge in [0, 0.05) is 22.9 Å². The van der Waals surface area contributed by atoms with Gasteiger partial charge in [-0.2, -0.15) is 0 Å². The zero-order valence-electron chi connectivity index (χ0n) is 11.7. The maximum Gasteiger partial charge on any atom is 0.207 e. The molecule has 1 N–H and O–H groups in total. The van der Waals surface area contributed by atoms with Crippen LogP contribution < -0.4 is 5.32 Å². The van der Waals surface area contributed by atoms with Crippen molar-refractivity contribution in [2.24, 2.45) is 0 Å². The van der Waals surface area contributed by atoms with Crippen LogP contribution in [0.2, 0.25) is 0 Å². The monoisotopic (exact) mass is 321 g/mol. The van der Waals surface area contributed by atoms with Gasteiger partial charge in [-0.15, -0.1) is 0 Å². The summed E-state index contributed by atoms with van der Waals surface area (Å²) in [6.07, 6.45) is 4.46. The van der Waals surface area contributed by atoms with E-state index in [1.807, 2.05) is 6.92 Å². The number of nitrogens with zero attached hydrogens (tertiary/aromatic N) is 2. The molecule has 3 nitrogen and oxygen atoms in total. The van der Waals surface area contributed by atoms with Crippen LogP contribution in [0.5, 0.6) is 0 Å². The first-order valence-corrected chi connectivity index (χ1v) is 7.46. The molecule has 0 spiro atoms. The van der Waals surface area contributed by atoms with Crippen LogP contribution >= 0.6 is 15.9 Å². The fourth-order valence-corrected chi connectivity index (χ4v) is 2.24. The van der Waals surface area contributed by atoms with Crippen LogP contribution in [0.15, 0.2) is 28.9 Å². The van der Waals surface area contributed by atoms with Gasteiger partial charge in [-0.3, -0.25) is 0 Å². The van der Waals surface area contributed by atoms with E-state index in [-0.39, 0.29) is 0 Å². The quantitative estimate of drug-likeness (QED) is 0.856. The lowest BCUT2D eigenvalue weighted by Crippen LogP contribution is -2.03. The highest BCUT2D eigenvalue weighted by Gasteiger charge is 2.06. The van der Waals surface area contributed by atoms with Crippen LogP contribution in [0.4, 0.5) is 11.6 Å². The van der Waals surface area contributed by atoms with Gasteiger partial charge < -0.3 is 9.88 Å². The fraction of sp³-hybridized carbons (Fsp3) is 0.400. The van der Waals surface area contributed by atoms with Gasteiger partial charge in [0.15, 0.2) is 0 Å². The molecule has 1 aromatic heterocycles. The van der Waals surface area contributed by atoms with Crippen LogP contribution in [-0.4, -0.2) is 9.55 Å². The molecule has 0 bridgehead atoms. The third-order valence-corrected chi connectivity index (χ3v) is 3.95. The lowest BCUT2D eigenvalue weighted by molar-refractivity contribution is 0.637. The van der Waals surface area contributed by atoms with E-state index in [0.717, 1.165) is 28.3 Å². The SMILES string of the molecule is CCCCn1cc(C)nc1Nc1ccc(Br)c(C)c1. The van der Waals surface area contributed by atoms with Crippen molar-refractivity contribution >= 4 is 27.6 Å². The van der Waals surface area contributed by atoms with Crippen molar-refractivity contribution in [1.82, 2.24) is 9.55 Å². The highest BCUT2D eigenvalue weighted by molar-refractivity contribution is 9.10. The number of hydrogen-bond acceptors (Lipinski definition) is 2. The Morgan fingerprint density at radius 3 is 2.79 bits per heavy atom. The highest BCUT2D eigenvalue weighted by atomic mass is 79.9. The second kappa shape index (κ2) is 6.24. The lowest BCUT2D eigenvalue weighted by atomic mass is 10.2. The summed E-state index contributed by atoms with van der Waals surface area (Å²) in [5.41, 5.74) is 3.34. The average molecular weight is 322 g/mol. The summed E-state index contributed by atoms with van der Waals surface area (Å²) in [4.78, 5) is 4.55. The van der Waals surface area contributed by atoms with Gasteiger partial charge >= 0.3 is 0 Å². The van der Waals surface area contributed by atoms with Gasteiger partial charge in [0.25, 0.3) is 0 Å². The third kappa shape index (κ3) is 3.60. The molecule has 0 aliphatic heterocycles. The van der Waals surface area contributed by atoms with Crippen molar-refractivity contribution in [3.8, 4) is 0 Å². The molecule has 2 rings (SSSR count). The van der Waals surface area contributed by atoms with Gasteiger partial charge in [0.2, 0.25) is 5.95 Å². The van der Waals surface area contributed by atoms with Crippen molar-refractivity contribution in [3.63, 3.8) is 0 Å². The van der Waals surface area contributed by atoms with Crippen LogP contribution in [0.25, 0.3) is 0 Å². The predicted octanol–water partition coefficient (Wildman–Crippen LogP) is 4.81. The Hall–Kier alpha value is -1.29. The Morgan fingerprint density at radius 2 is 2.11 bits per heavy atom. The number of anilines is 2. The van der Waals surface area contributed by atoms with E-state index in [9.17, 15) is 0 Å². The largest absolute Gasteiger partial charge is 0.326 e. The minimum Gasteiger partial charge on any atom is -0.326 e. The van der Waals surface area contributed by atoms with Gasteiger partial charge in [-0.25, -0.2) is 4.98 Å². The van der Waals surface area contributed by atoms with Crippen molar-refractivity contribution in [3.05, 3.63) is 40.1 Å². The minimum atomic E-state index is 0.924. The van der Waals surface area contributed by atoms with E-state index < -0.39 is 0 Å². The predicted molar refractivity (Wildman–Crippen MR) is 84.0 cm³/mol. The maximum atomic E-state index is 4.55. The molecule has 0 unspecified atom stereocenters. The molecule has 0 saturated carbocycles. The Balaban J connectivity index is 2.19. The number of imidazole rings is 1. The molecule has 0 aliphatic carbocycles. The normalized spacial score (nSPS) is 10.7. The van der Waals surface area contributed by atoms with E-state index in [1.165, 1.54) is 18.4 Å². The highest BCUT2D eigenvalue weighted by Crippen LogP contribution is 2.23. The summed E-state index contributed by atoms with van der Waals surface area (Å²) in [5.74, 6) is 0.924. The Bertz CT molecular complexity index is 561. The number of unbranched alkanes of at least 4 members (excludes halogenated alkanes) is 1. The molecule has 0 saturated heterocycles. The van der Waals surface area contributed by atoms with Crippen molar-refractivity contribution < 1.29 is 0 Å². The van der Waals surface area contributed by atoms with Crippen LogP contribution in [0.1, 0.15) is 31.0 Å². The summed E-state index contributed by atoms with van der Waals surface area (Å²) in [6.45, 7) is 7.33. The molecule has 1 aromatic carbocycles. The molecule has 0 fully saturated rings. The molecule has 1 heterocycles.